The van der Waals surface area contributed by atoms with E-state index in [1.807, 2.05) is 24.3 Å². The van der Waals surface area contributed by atoms with Gasteiger partial charge in [0.05, 0.1) is 0 Å². The highest BCUT2D eigenvalue weighted by Gasteiger charge is 2.25. The molecule has 0 fully saturated rings. The van der Waals surface area contributed by atoms with Gasteiger partial charge in [-0.25, -0.2) is 4.39 Å². The van der Waals surface area contributed by atoms with Crippen LogP contribution in [-0.4, -0.2) is 29.3 Å². The summed E-state index contributed by atoms with van der Waals surface area (Å²) in [4.78, 5) is 27.6. The first-order valence-corrected chi connectivity index (χ1v) is 11.3. The van der Waals surface area contributed by atoms with E-state index in [9.17, 15) is 14.0 Å². The van der Waals surface area contributed by atoms with Crippen LogP contribution >= 0.6 is 0 Å². The molecule has 0 heterocycles. The summed E-state index contributed by atoms with van der Waals surface area (Å²) >= 11 is 0. The molecule has 0 bridgehead atoms. The minimum Gasteiger partial charge on any atom is -0.354 e. The number of unbranched alkanes of at least 4 members (excludes halogenated alkanes) is 1. The number of amides is 2. The molecule has 2 amide bonds. The first-order chi connectivity index (χ1) is 15.5. The average molecular weight is 435 g/mol. The summed E-state index contributed by atoms with van der Waals surface area (Å²) < 4.78 is 13.3. The van der Waals surface area contributed by atoms with Crippen LogP contribution in [-0.2, 0) is 22.6 Å². The molecule has 3 aromatic carbocycles. The van der Waals surface area contributed by atoms with Crippen molar-refractivity contribution in [2.75, 3.05) is 6.54 Å². The summed E-state index contributed by atoms with van der Waals surface area (Å²) in [5, 5.41) is 5.20. The van der Waals surface area contributed by atoms with Gasteiger partial charge < -0.3 is 10.2 Å². The van der Waals surface area contributed by atoms with Gasteiger partial charge in [-0.05, 0) is 53.8 Å². The summed E-state index contributed by atoms with van der Waals surface area (Å²) in [5.41, 5.74) is 1.90. The van der Waals surface area contributed by atoms with E-state index in [0.29, 0.717) is 19.4 Å². The van der Waals surface area contributed by atoms with Gasteiger partial charge in [0.1, 0.15) is 11.9 Å². The molecule has 168 valence electrons. The number of nitrogens with one attached hydrogen (secondary N) is 1. The Bertz CT molecular complexity index is 1040. The summed E-state index contributed by atoms with van der Waals surface area (Å²) in [5.74, 6) is -0.590. The van der Waals surface area contributed by atoms with Crippen LogP contribution in [0.25, 0.3) is 10.8 Å². The highest BCUT2D eigenvalue weighted by Crippen LogP contribution is 2.21. The number of hydrogen-bond donors (Lipinski definition) is 1. The number of nitrogens with zero attached hydrogens (tertiary/aromatic N) is 1. The summed E-state index contributed by atoms with van der Waals surface area (Å²) in [6, 6.07) is 19.7. The second kappa shape index (κ2) is 11.4. The minimum absolute atomic E-state index is 0.0969. The Morgan fingerprint density at radius 1 is 1.00 bits per heavy atom. The minimum atomic E-state index is -0.614. The van der Waals surface area contributed by atoms with Gasteiger partial charge in [0.15, 0.2) is 0 Å². The highest BCUT2D eigenvalue weighted by molar-refractivity contribution is 5.88. The third-order valence-electron chi connectivity index (χ3n) is 5.75. The molecule has 3 rings (SSSR count). The number of hydrogen-bond acceptors (Lipinski definition) is 2. The van der Waals surface area contributed by atoms with Crippen molar-refractivity contribution in [2.24, 2.45) is 0 Å². The second-order valence-corrected chi connectivity index (χ2v) is 8.11. The molecule has 0 saturated heterocycles. The SMILES string of the molecule is CCCCNC(=O)[C@H](C)N(Cc1ccc(F)cc1)C(=O)CCc1cccc2ccccc12. The lowest BCUT2D eigenvalue weighted by Crippen LogP contribution is -2.47. The molecule has 32 heavy (non-hydrogen) atoms. The molecule has 1 atom stereocenters. The van der Waals surface area contributed by atoms with Crippen LogP contribution in [0.2, 0.25) is 0 Å². The van der Waals surface area contributed by atoms with Crippen molar-refractivity contribution in [3.05, 3.63) is 83.7 Å². The molecule has 3 aromatic rings. The van der Waals surface area contributed by atoms with Crippen LogP contribution in [0.5, 0.6) is 0 Å². The van der Waals surface area contributed by atoms with Crippen LogP contribution in [0, 0.1) is 5.82 Å². The van der Waals surface area contributed by atoms with E-state index in [1.54, 1.807) is 24.0 Å². The van der Waals surface area contributed by atoms with Crippen LogP contribution in [0.4, 0.5) is 4.39 Å². The second-order valence-electron chi connectivity index (χ2n) is 8.11. The topological polar surface area (TPSA) is 49.4 Å². The van der Waals surface area contributed by atoms with Crippen molar-refractivity contribution in [3.8, 4) is 0 Å². The largest absolute Gasteiger partial charge is 0.354 e. The monoisotopic (exact) mass is 434 g/mol. The van der Waals surface area contributed by atoms with Gasteiger partial charge in [0.2, 0.25) is 11.8 Å². The van der Waals surface area contributed by atoms with E-state index in [2.05, 4.69) is 30.4 Å². The lowest BCUT2D eigenvalue weighted by molar-refractivity contribution is -0.140. The lowest BCUT2D eigenvalue weighted by atomic mass is 10.0. The fraction of sp³-hybridized carbons (Fsp3) is 0.333. The molecule has 0 saturated carbocycles. The summed E-state index contributed by atoms with van der Waals surface area (Å²) in [6.07, 6.45) is 2.76. The van der Waals surface area contributed by atoms with E-state index >= 15 is 0 Å². The third kappa shape index (κ3) is 6.16. The normalized spacial score (nSPS) is 11.8. The van der Waals surface area contributed by atoms with Gasteiger partial charge in [-0.2, -0.15) is 0 Å². The number of carbonyl (C=O) groups excluding carboxylic acids is 2. The fourth-order valence-electron chi connectivity index (χ4n) is 3.80. The van der Waals surface area contributed by atoms with Crippen LogP contribution in [0.3, 0.4) is 0 Å². The van der Waals surface area contributed by atoms with Crippen molar-refractivity contribution in [3.63, 3.8) is 0 Å². The van der Waals surface area contributed by atoms with Gasteiger partial charge >= 0.3 is 0 Å². The molecule has 5 heteroatoms. The Hall–Kier alpha value is -3.21. The van der Waals surface area contributed by atoms with Crippen molar-refractivity contribution in [1.29, 1.82) is 0 Å². The Kier molecular flexibility index (Phi) is 8.37. The van der Waals surface area contributed by atoms with E-state index in [1.165, 1.54) is 12.1 Å². The maximum Gasteiger partial charge on any atom is 0.242 e. The van der Waals surface area contributed by atoms with Gasteiger partial charge in [-0.3, -0.25) is 9.59 Å². The van der Waals surface area contributed by atoms with E-state index in [4.69, 9.17) is 0 Å². The van der Waals surface area contributed by atoms with Gasteiger partial charge in [-0.15, -0.1) is 0 Å². The van der Waals surface area contributed by atoms with Gasteiger partial charge in [-0.1, -0.05) is 67.9 Å². The fourth-order valence-corrected chi connectivity index (χ4v) is 3.80. The van der Waals surface area contributed by atoms with Gasteiger partial charge in [0, 0.05) is 19.5 Å². The van der Waals surface area contributed by atoms with Crippen LogP contribution in [0.15, 0.2) is 66.7 Å². The van der Waals surface area contributed by atoms with Crippen molar-refractivity contribution in [2.45, 2.75) is 52.1 Å². The van der Waals surface area contributed by atoms with Crippen molar-refractivity contribution < 1.29 is 14.0 Å². The van der Waals surface area contributed by atoms with Gasteiger partial charge in [0.25, 0.3) is 0 Å². The molecule has 0 spiro atoms. The number of benzene rings is 3. The zero-order chi connectivity index (χ0) is 22.9. The Morgan fingerprint density at radius 3 is 2.47 bits per heavy atom. The predicted octanol–water partition coefficient (Wildman–Crippen LogP) is 5.25. The Balaban J connectivity index is 1.75. The predicted molar refractivity (Wildman–Crippen MR) is 127 cm³/mol. The average Bonchev–Trinajstić information content (AvgIpc) is 2.81. The molecule has 0 unspecified atom stereocenters. The molecule has 0 aliphatic carbocycles. The number of fused-ring (bicyclic) bond motifs is 1. The smallest absolute Gasteiger partial charge is 0.242 e. The Labute approximate surface area is 189 Å². The number of aryl methyl sites for hydroxylation is 1. The maximum atomic E-state index is 13.3. The first kappa shape index (κ1) is 23.5. The van der Waals surface area contributed by atoms with E-state index in [0.717, 1.165) is 34.7 Å². The number of halogens is 1. The molecule has 0 aromatic heterocycles. The summed E-state index contributed by atoms with van der Waals surface area (Å²) in [7, 11) is 0. The number of carbonyl (C=O) groups is 2. The van der Waals surface area contributed by atoms with Crippen molar-refractivity contribution >= 4 is 22.6 Å². The van der Waals surface area contributed by atoms with Crippen LogP contribution < -0.4 is 5.32 Å². The molecule has 4 nitrogen and oxygen atoms in total. The zero-order valence-electron chi connectivity index (χ0n) is 18.8. The molecule has 0 radical (unpaired) electrons. The van der Waals surface area contributed by atoms with E-state index < -0.39 is 6.04 Å². The first-order valence-electron chi connectivity index (χ1n) is 11.3. The quantitative estimate of drug-likeness (QED) is 0.443. The molecule has 1 N–H and O–H groups in total. The standard InChI is InChI=1S/C27H31FN2O2/c1-3-4-18-29-27(32)20(2)30(19-21-12-15-24(28)16-13-21)26(31)17-14-23-10-7-9-22-8-5-6-11-25(22)23/h5-13,15-16,20H,3-4,14,17-19H2,1-2H3,(H,29,32)/t20-/m0/s1. The molecular weight excluding hydrogens is 403 g/mol. The third-order valence-corrected chi connectivity index (χ3v) is 5.75. The Morgan fingerprint density at radius 2 is 1.72 bits per heavy atom. The zero-order valence-corrected chi connectivity index (χ0v) is 18.8. The van der Waals surface area contributed by atoms with Crippen LogP contribution in [0.1, 0.15) is 44.2 Å². The molecule has 0 aliphatic rings. The lowest BCUT2D eigenvalue weighted by Gasteiger charge is -2.29. The molecule has 0 aliphatic heterocycles. The van der Waals surface area contributed by atoms with Crippen molar-refractivity contribution in [1.82, 2.24) is 10.2 Å². The molecular formula is C27H31FN2O2. The number of rotatable bonds is 10. The van der Waals surface area contributed by atoms with E-state index in [-0.39, 0.29) is 24.2 Å². The highest BCUT2D eigenvalue weighted by atomic mass is 19.1. The summed E-state index contributed by atoms with van der Waals surface area (Å²) in [6.45, 7) is 4.67. The maximum absolute atomic E-state index is 13.3.